The summed E-state index contributed by atoms with van der Waals surface area (Å²) in [4.78, 5) is 31.2. The number of alkyl halides is 1. The minimum absolute atomic E-state index is 0.0262. The highest BCUT2D eigenvalue weighted by Gasteiger charge is 2.23. The van der Waals surface area contributed by atoms with Crippen molar-refractivity contribution in [3.63, 3.8) is 0 Å². The Morgan fingerprint density at radius 1 is 1.05 bits per heavy atom. The summed E-state index contributed by atoms with van der Waals surface area (Å²) >= 11 is 0. The number of pyridine rings is 2. The van der Waals surface area contributed by atoms with Crippen LogP contribution in [0.2, 0.25) is 0 Å². The number of carbonyl (C=O) groups is 1. The molecule has 208 valence electrons. The topological polar surface area (TPSA) is 107 Å². The number of hydrogen-bond donors (Lipinski definition) is 1. The summed E-state index contributed by atoms with van der Waals surface area (Å²) in [5.41, 5.74) is 8.99. The van der Waals surface area contributed by atoms with Crippen molar-refractivity contribution >= 4 is 18.1 Å². The number of rotatable bonds is 10. The maximum atomic E-state index is 14.3. The molecule has 1 unspecified atom stereocenters. The van der Waals surface area contributed by atoms with Gasteiger partial charge in [-0.05, 0) is 81.8 Å². The maximum absolute atomic E-state index is 14.3. The lowest BCUT2D eigenvalue weighted by Crippen LogP contribution is -2.27. The van der Waals surface area contributed by atoms with Crippen molar-refractivity contribution in [2.75, 3.05) is 30.8 Å². The Labute approximate surface area is 232 Å². The van der Waals surface area contributed by atoms with E-state index in [9.17, 15) is 13.6 Å². The monoisotopic (exact) mass is 546 g/mol. The third-order valence-corrected chi connectivity index (χ3v) is 6.43. The summed E-state index contributed by atoms with van der Waals surface area (Å²) in [5.74, 6) is 0.458. The van der Waals surface area contributed by atoms with Crippen molar-refractivity contribution in [2.24, 2.45) is 0 Å². The van der Waals surface area contributed by atoms with Crippen molar-refractivity contribution < 1.29 is 18.3 Å². The Balaban J connectivity index is 1.70. The van der Waals surface area contributed by atoms with Crippen LogP contribution in [0, 0.1) is 12.7 Å². The van der Waals surface area contributed by atoms with Crippen LogP contribution in [0.15, 0.2) is 54.6 Å². The lowest BCUT2D eigenvalue weighted by Gasteiger charge is -2.22. The van der Waals surface area contributed by atoms with Gasteiger partial charge in [0, 0.05) is 18.3 Å². The number of aldehydes is 1. The molecule has 1 aromatic carbocycles. The van der Waals surface area contributed by atoms with E-state index in [2.05, 4.69) is 19.9 Å². The number of carbonyl (C=O) groups excluding carboxylic acids is 1. The van der Waals surface area contributed by atoms with E-state index >= 15 is 0 Å². The lowest BCUT2D eigenvalue weighted by molar-refractivity contribution is -0.111. The number of nitrogens with two attached hydrogens (primary N) is 1. The molecular formula is C30H32F2N6O2. The largest absolute Gasteiger partial charge is 0.475 e. The minimum Gasteiger partial charge on any atom is -0.475 e. The van der Waals surface area contributed by atoms with Crippen molar-refractivity contribution in [3.8, 4) is 28.3 Å². The predicted octanol–water partition coefficient (Wildman–Crippen LogP) is 5.65. The van der Waals surface area contributed by atoms with Crippen molar-refractivity contribution in [3.05, 3.63) is 77.5 Å². The van der Waals surface area contributed by atoms with Gasteiger partial charge >= 0.3 is 0 Å². The smallest absolute Gasteiger partial charge is 0.226 e. The molecule has 0 bridgehead atoms. The summed E-state index contributed by atoms with van der Waals surface area (Å²) in [6.45, 7) is 7.43. The molecule has 0 amide bonds. The number of aryl methyl sites for hydroxylation is 1. The Bertz CT molecular complexity index is 1510. The van der Waals surface area contributed by atoms with Gasteiger partial charge in [0.05, 0.1) is 34.6 Å². The Kier molecular flexibility index (Phi) is 8.37. The molecule has 4 rings (SSSR count). The number of halogens is 2. The van der Waals surface area contributed by atoms with Crippen LogP contribution in [0.25, 0.3) is 22.4 Å². The summed E-state index contributed by atoms with van der Waals surface area (Å²) < 4.78 is 34.2. The molecule has 0 saturated carbocycles. The van der Waals surface area contributed by atoms with Gasteiger partial charge in [-0.3, -0.25) is 4.98 Å². The lowest BCUT2D eigenvalue weighted by atomic mass is 9.91. The third-order valence-electron chi connectivity index (χ3n) is 6.43. The highest BCUT2D eigenvalue weighted by molar-refractivity contribution is 5.85. The normalized spacial score (nSPS) is 12.2. The van der Waals surface area contributed by atoms with Gasteiger partial charge in [-0.15, -0.1) is 0 Å². The standard InChI is InChI=1S/C30H32F2N6O2/c1-18-15-21(16-23(34-18)19(2)31)26-27(20-9-11-22(32)12-10-20)36-29(33)37-28(26)40-14-13-38(5)25-8-6-7-24(35-25)30(3,4)17-39/h6-12,15-17,19H,13-14H2,1-5H3,(H2,33,36,37). The first-order valence-corrected chi connectivity index (χ1v) is 12.8. The highest BCUT2D eigenvalue weighted by Crippen LogP contribution is 2.39. The quantitative estimate of drug-likeness (QED) is 0.254. The molecule has 0 aliphatic rings. The van der Waals surface area contributed by atoms with Crippen LogP contribution >= 0.6 is 0 Å². The molecular weight excluding hydrogens is 514 g/mol. The molecule has 0 saturated heterocycles. The average Bonchev–Trinajstić information content (AvgIpc) is 2.92. The highest BCUT2D eigenvalue weighted by atomic mass is 19.1. The van der Waals surface area contributed by atoms with Crippen LogP contribution < -0.4 is 15.4 Å². The van der Waals surface area contributed by atoms with Gasteiger partial charge in [-0.2, -0.15) is 4.98 Å². The zero-order chi connectivity index (χ0) is 29.0. The summed E-state index contributed by atoms with van der Waals surface area (Å²) in [6.07, 6.45) is -0.425. The molecule has 0 radical (unpaired) electrons. The number of likely N-dealkylation sites (N-methyl/N-ethyl adjacent to an activating group) is 1. The number of benzene rings is 1. The molecule has 10 heteroatoms. The fraction of sp³-hybridized carbons (Fsp3) is 0.300. The van der Waals surface area contributed by atoms with Gasteiger partial charge in [0.2, 0.25) is 11.8 Å². The number of nitrogen functional groups attached to an aromatic ring is 1. The number of aromatic nitrogens is 4. The number of ether oxygens (including phenoxy) is 1. The van der Waals surface area contributed by atoms with Crippen LogP contribution in [0.5, 0.6) is 5.88 Å². The zero-order valence-electron chi connectivity index (χ0n) is 23.2. The number of hydrogen-bond acceptors (Lipinski definition) is 8. The van der Waals surface area contributed by atoms with E-state index < -0.39 is 17.4 Å². The third kappa shape index (κ3) is 6.39. The Morgan fingerprint density at radius 3 is 2.45 bits per heavy atom. The van der Waals surface area contributed by atoms with E-state index in [0.29, 0.717) is 46.1 Å². The molecule has 2 N–H and O–H groups in total. The maximum Gasteiger partial charge on any atom is 0.226 e. The van der Waals surface area contributed by atoms with Gasteiger partial charge in [-0.1, -0.05) is 6.07 Å². The van der Waals surface area contributed by atoms with Crippen molar-refractivity contribution in [1.29, 1.82) is 0 Å². The van der Waals surface area contributed by atoms with Crippen LogP contribution in [0.3, 0.4) is 0 Å². The fourth-order valence-corrected chi connectivity index (χ4v) is 4.13. The van der Waals surface area contributed by atoms with Gasteiger partial charge < -0.3 is 20.2 Å². The van der Waals surface area contributed by atoms with Gasteiger partial charge in [-0.25, -0.2) is 18.7 Å². The van der Waals surface area contributed by atoms with Crippen LogP contribution in [-0.4, -0.2) is 46.4 Å². The molecule has 4 aromatic rings. The second-order valence-corrected chi connectivity index (χ2v) is 10.1. The van der Waals surface area contributed by atoms with Crippen molar-refractivity contribution in [1.82, 2.24) is 19.9 Å². The molecule has 1 atom stereocenters. The number of nitrogens with zero attached hydrogens (tertiary/aromatic N) is 5. The molecule has 0 spiro atoms. The Morgan fingerprint density at radius 2 is 1.77 bits per heavy atom. The summed E-state index contributed by atoms with van der Waals surface area (Å²) in [6, 6.07) is 14.8. The molecule has 3 heterocycles. The average molecular weight is 547 g/mol. The fourth-order valence-electron chi connectivity index (χ4n) is 4.13. The first kappa shape index (κ1) is 28.5. The van der Waals surface area contributed by atoms with E-state index in [1.165, 1.54) is 19.1 Å². The zero-order valence-corrected chi connectivity index (χ0v) is 23.2. The van der Waals surface area contributed by atoms with Gasteiger partial charge in [0.25, 0.3) is 0 Å². The number of anilines is 2. The van der Waals surface area contributed by atoms with Crippen LogP contribution in [-0.2, 0) is 10.2 Å². The molecule has 8 nitrogen and oxygen atoms in total. The second-order valence-electron chi connectivity index (χ2n) is 10.1. The first-order chi connectivity index (χ1) is 19.0. The predicted molar refractivity (Wildman–Crippen MR) is 151 cm³/mol. The van der Waals surface area contributed by atoms with E-state index in [1.807, 2.05) is 44.0 Å². The molecule has 0 aliphatic carbocycles. The second kappa shape index (κ2) is 11.7. The van der Waals surface area contributed by atoms with Gasteiger partial charge in [0.15, 0.2) is 0 Å². The van der Waals surface area contributed by atoms with E-state index in [1.54, 1.807) is 31.2 Å². The summed E-state index contributed by atoms with van der Waals surface area (Å²) in [5, 5.41) is 0. The van der Waals surface area contributed by atoms with E-state index in [-0.39, 0.29) is 24.1 Å². The molecule has 40 heavy (non-hydrogen) atoms. The summed E-state index contributed by atoms with van der Waals surface area (Å²) in [7, 11) is 1.86. The van der Waals surface area contributed by atoms with Crippen molar-refractivity contribution in [2.45, 2.75) is 39.3 Å². The van der Waals surface area contributed by atoms with Gasteiger partial charge in [0.1, 0.15) is 30.7 Å². The molecule has 0 aliphatic heterocycles. The SMILES string of the molecule is Cc1cc(-c2c(OCCN(C)c3cccc(C(C)(C)C=O)n3)nc(N)nc2-c2ccc(F)cc2)cc(C(C)F)n1. The van der Waals surface area contributed by atoms with E-state index in [4.69, 9.17) is 10.5 Å². The Hall–Kier alpha value is -4.47. The van der Waals surface area contributed by atoms with E-state index in [0.717, 1.165) is 6.29 Å². The molecule has 0 fully saturated rings. The molecule has 3 aromatic heterocycles. The minimum atomic E-state index is -1.30. The first-order valence-electron chi connectivity index (χ1n) is 12.8. The van der Waals surface area contributed by atoms with Crippen LogP contribution in [0.1, 0.15) is 44.0 Å². The van der Waals surface area contributed by atoms with Crippen LogP contribution in [0.4, 0.5) is 20.5 Å².